The summed E-state index contributed by atoms with van der Waals surface area (Å²) in [5.41, 5.74) is 1.18. The number of carbonyl (C=O) groups excluding carboxylic acids is 1. The lowest BCUT2D eigenvalue weighted by Gasteiger charge is -2.18. The van der Waals surface area contributed by atoms with Gasteiger partial charge in [-0.1, -0.05) is 0 Å². The maximum atomic E-state index is 12.7. The molecule has 2 N–H and O–H groups in total. The number of ether oxygens (including phenoxy) is 4. The van der Waals surface area contributed by atoms with Gasteiger partial charge in [0.1, 0.15) is 17.9 Å². The van der Waals surface area contributed by atoms with Crippen molar-refractivity contribution in [1.82, 2.24) is 15.3 Å². The van der Waals surface area contributed by atoms with Crippen LogP contribution < -0.4 is 20.1 Å². The number of fused-ring (bicyclic) bond motifs is 2. The normalized spacial score (nSPS) is 25.5. The van der Waals surface area contributed by atoms with Crippen molar-refractivity contribution in [3.63, 3.8) is 0 Å². The van der Waals surface area contributed by atoms with E-state index >= 15 is 0 Å². The van der Waals surface area contributed by atoms with Gasteiger partial charge in [0.25, 0.3) is 5.91 Å². The molecule has 1 aromatic carbocycles. The number of nitrogens with zero attached hydrogens (tertiary/aromatic N) is 2. The van der Waals surface area contributed by atoms with E-state index in [1.54, 1.807) is 36.7 Å². The number of furan rings is 1. The first kappa shape index (κ1) is 19.1. The molecule has 0 saturated carbocycles. The van der Waals surface area contributed by atoms with Gasteiger partial charge in [-0.3, -0.25) is 4.79 Å². The van der Waals surface area contributed by atoms with Crippen LogP contribution in [-0.2, 0) is 9.47 Å². The lowest BCUT2D eigenvalue weighted by atomic mass is 10.1. The third kappa shape index (κ3) is 3.43. The summed E-state index contributed by atoms with van der Waals surface area (Å²) in [4.78, 5) is 21.6. The molecular weight excluding hydrogens is 416 g/mol. The van der Waals surface area contributed by atoms with Gasteiger partial charge in [0, 0.05) is 11.8 Å². The summed E-state index contributed by atoms with van der Waals surface area (Å²) in [7, 11) is 0. The van der Waals surface area contributed by atoms with E-state index in [1.165, 1.54) is 0 Å². The minimum absolute atomic E-state index is 0.140. The van der Waals surface area contributed by atoms with Gasteiger partial charge in [-0.2, -0.15) is 0 Å². The van der Waals surface area contributed by atoms with Crippen LogP contribution in [0, 0.1) is 0 Å². The largest absolute Gasteiger partial charge is 0.463 e. The molecule has 6 rings (SSSR count). The van der Waals surface area contributed by atoms with Crippen molar-refractivity contribution in [2.75, 3.05) is 25.3 Å². The molecule has 10 heteroatoms. The molecule has 2 saturated heterocycles. The number of benzene rings is 1. The number of hydrogen-bond donors (Lipinski definition) is 2. The number of carbonyl (C=O) groups is 1. The van der Waals surface area contributed by atoms with Gasteiger partial charge in [-0.05, 0) is 36.4 Å². The lowest BCUT2D eigenvalue weighted by molar-refractivity contribution is 0.0652. The van der Waals surface area contributed by atoms with Crippen molar-refractivity contribution < 1.29 is 28.2 Å². The molecule has 3 aliphatic heterocycles. The van der Waals surface area contributed by atoms with Crippen LogP contribution >= 0.6 is 0 Å². The van der Waals surface area contributed by atoms with Crippen LogP contribution in [0.3, 0.4) is 0 Å². The first-order valence-electron chi connectivity index (χ1n) is 10.3. The minimum Gasteiger partial charge on any atom is -0.463 e. The lowest BCUT2D eigenvalue weighted by Crippen LogP contribution is -2.44. The monoisotopic (exact) mass is 436 g/mol. The van der Waals surface area contributed by atoms with E-state index in [4.69, 9.17) is 23.4 Å². The van der Waals surface area contributed by atoms with E-state index in [0.29, 0.717) is 47.7 Å². The Labute approximate surface area is 182 Å². The van der Waals surface area contributed by atoms with E-state index in [1.807, 2.05) is 12.1 Å². The molecule has 32 heavy (non-hydrogen) atoms. The molecule has 0 bridgehead atoms. The van der Waals surface area contributed by atoms with Gasteiger partial charge >= 0.3 is 0 Å². The van der Waals surface area contributed by atoms with Crippen molar-refractivity contribution in [2.45, 2.75) is 24.3 Å². The van der Waals surface area contributed by atoms with E-state index in [-0.39, 0.29) is 37.0 Å². The quantitative estimate of drug-likeness (QED) is 0.618. The molecule has 0 aliphatic carbocycles. The van der Waals surface area contributed by atoms with Crippen LogP contribution in [0.2, 0.25) is 0 Å². The summed E-state index contributed by atoms with van der Waals surface area (Å²) in [6.07, 6.45) is 2.78. The fraction of sp³-hybridized carbons (Fsp3) is 0.318. The zero-order valence-electron chi connectivity index (χ0n) is 16.9. The standard InChI is InChI=1S/C22H20N4O6/c27-21(12-3-4-17-18(8-12)32-11-31-17)24-14-9-29-20-15(10-30-19(14)20)26-22-23-6-5-13(25-22)16-2-1-7-28-16/h1-8,14-15,19-20H,9-11H2,(H,24,27)(H,23,25,26). The van der Waals surface area contributed by atoms with Crippen LogP contribution in [0.25, 0.3) is 11.5 Å². The predicted molar refractivity (Wildman–Crippen MR) is 110 cm³/mol. The molecule has 3 aromatic rings. The number of rotatable bonds is 5. The van der Waals surface area contributed by atoms with Gasteiger partial charge in [0.05, 0.1) is 31.6 Å². The number of amides is 1. The van der Waals surface area contributed by atoms with Crippen molar-refractivity contribution in [2.24, 2.45) is 0 Å². The summed E-state index contributed by atoms with van der Waals surface area (Å²) in [5, 5.41) is 6.30. The van der Waals surface area contributed by atoms with Gasteiger partial charge in [-0.25, -0.2) is 9.97 Å². The molecule has 164 valence electrons. The van der Waals surface area contributed by atoms with Gasteiger partial charge < -0.3 is 34.0 Å². The number of nitrogens with one attached hydrogen (secondary N) is 2. The predicted octanol–water partition coefficient (Wildman–Crippen LogP) is 1.84. The van der Waals surface area contributed by atoms with Crippen molar-refractivity contribution in [1.29, 1.82) is 0 Å². The second-order valence-corrected chi connectivity index (χ2v) is 7.74. The minimum atomic E-state index is -0.265. The smallest absolute Gasteiger partial charge is 0.251 e. The highest BCUT2D eigenvalue weighted by Crippen LogP contribution is 2.33. The van der Waals surface area contributed by atoms with E-state index in [9.17, 15) is 4.79 Å². The first-order chi connectivity index (χ1) is 15.7. The molecular formula is C22H20N4O6. The molecule has 0 spiro atoms. The summed E-state index contributed by atoms with van der Waals surface area (Å²) in [6.45, 7) is 0.939. The number of hydrogen-bond acceptors (Lipinski definition) is 9. The molecule has 10 nitrogen and oxygen atoms in total. The van der Waals surface area contributed by atoms with Gasteiger partial charge in [0.2, 0.25) is 12.7 Å². The molecule has 5 heterocycles. The average molecular weight is 436 g/mol. The highest BCUT2D eigenvalue weighted by molar-refractivity contribution is 5.95. The van der Waals surface area contributed by atoms with Crippen LogP contribution in [0.4, 0.5) is 5.95 Å². The Morgan fingerprint density at radius 1 is 1.00 bits per heavy atom. The Kier molecular flexibility index (Phi) is 4.66. The highest BCUT2D eigenvalue weighted by atomic mass is 16.7. The maximum absolute atomic E-state index is 12.7. The fourth-order valence-corrected chi connectivity index (χ4v) is 4.19. The molecule has 3 aliphatic rings. The molecule has 0 radical (unpaired) electrons. The first-order valence-corrected chi connectivity index (χ1v) is 10.3. The molecule has 2 fully saturated rings. The Bertz CT molecular complexity index is 1140. The average Bonchev–Trinajstić information content (AvgIpc) is 3.60. The number of anilines is 1. The van der Waals surface area contributed by atoms with Crippen molar-refractivity contribution >= 4 is 11.9 Å². The Morgan fingerprint density at radius 2 is 1.84 bits per heavy atom. The van der Waals surface area contributed by atoms with Crippen molar-refractivity contribution in [3.8, 4) is 23.0 Å². The van der Waals surface area contributed by atoms with Crippen LogP contribution in [0.1, 0.15) is 10.4 Å². The molecule has 2 aromatic heterocycles. The topological polar surface area (TPSA) is 117 Å². The Hall–Kier alpha value is -3.63. The Morgan fingerprint density at radius 3 is 2.72 bits per heavy atom. The zero-order chi connectivity index (χ0) is 21.5. The highest BCUT2D eigenvalue weighted by Gasteiger charge is 2.48. The summed E-state index contributed by atoms with van der Waals surface area (Å²) >= 11 is 0. The zero-order valence-corrected chi connectivity index (χ0v) is 16.9. The second-order valence-electron chi connectivity index (χ2n) is 7.74. The van der Waals surface area contributed by atoms with Crippen LogP contribution in [0.15, 0.2) is 53.3 Å². The third-order valence-electron chi connectivity index (χ3n) is 5.75. The molecule has 4 atom stereocenters. The third-order valence-corrected chi connectivity index (χ3v) is 5.75. The van der Waals surface area contributed by atoms with Gasteiger partial charge in [-0.15, -0.1) is 0 Å². The Balaban J connectivity index is 1.11. The second kappa shape index (κ2) is 7.81. The van der Waals surface area contributed by atoms with E-state index in [2.05, 4.69) is 20.6 Å². The van der Waals surface area contributed by atoms with Gasteiger partial charge in [0.15, 0.2) is 17.3 Å². The summed E-state index contributed by atoms with van der Waals surface area (Å²) in [6, 6.07) is 10.1. The summed E-state index contributed by atoms with van der Waals surface area (Å²) < 4.78 is 28.0. The fourth-order valence-electron chi connectivity index (χ4n) is 4.19. The van der Waals surface area contributed by atoms with E-state index < -0.39 is 0 Å². The summed E-state index contributed by atoms with van der Waals surface area (Å²) in [5.74, 6) is 2.12. The number of aromatic nitrogens is 2. The maximum Gasteiger partial charge on any atom is 0.251 e. The van der Waals surface area contributed by atoms with Crippen molar-refractivity contribution in [3.05, 3.63) is 54.4 Å². The molecule has 4 unspecified atom stereocenters. The molecule has 1 amide bonds. The van der Waals surface area contributed by atoms with E-state index in [0.717, 1.165) is 0 Å². The van der Waals surface area contributed by atoms with Crippen LogP contribution in [0.5, 0.6) is 11.5 Å². The van der Waals surface area contributed by atoms with Crippen LogP contribution in [-0.4, -0.2) is 60.2 Å². The SMILES string of the molecule is O=C(NC1COC2C(Nc3nccc(-c4ccco4)n3)COC12)c1ccc2c(c1)OCO2.